The van der Waals surface area contributed by atoms with Crippen molar-refractivity contribution in [2.75, 3.05) is 19.6 Å². The summed E-state index contributed by atoms with van der Waals surface area (Å²) in [4.78, 5) is 31.6. The summed E-state index contributed by atoms with van der Waals surface area (Å²) >= 11 is 1.71. The summed E-state index contributed by atoms with van der Waals surface area (Å²) in [5, 5.41) is 2.06. The van der Waals surface area contributed by atoms with Crippen LogP contribution in [-0.2, 0) is 16.0 Å². The molecule has 1 aromatic carbocycles. The molecule has 0 N–H and O–H groups in total. The van der Waals surface area contributed by atoms with Gasteiger partial charge in [0.15, 0.2) is 0 Å². The number of carbonyl (C=O) groups excluding carboxylic acids is 2. The third-order valence-corrected chi connectivity index (χ3v) is 7.73. The summed E-state index contributed by atoms with van der Waals surface area (Å²) in [6, 6.07) is 8.28. The molecule has 0 spiro atoms. The molecule has 0 radical (unpaired) electrons. The number of rotatable bonds is 13. The second-order valence-corrected chi connectivity index (χ2v) is 11.1. The first-order valence-corrected chi connectivity index (χ1v) is 14.2. The third kappa shape index (κ3) is 7.89. The number of benzene rings is 1. The van der Waals surface area contributed by atoms with Gasteiger partial charge in [0.2, 0.25) is 11.8 Å². The van der Waals surface area contributed by atoms with E-state index in [1.165, 1.54) is 49.1 Å². The van der Waals surface area contributed by atoms with Crippen molar-refractivity contribution in [1.29, 1.82) is 0 Å². The number of hydrogen-bond acceptors (Lipinski definition) is 3. The van der Waals surface area contributed by atoms with Gasteiger partial charge in [-0.3, -0.25) is 9.59 Å². The summed E-state index contributed by atoms with van der Waals surface area (Å²) in [5.41, 5.74) is 2.02. The van der Waals surface area contributed by atoms with Crippen LogP contribution in [0.25, 0.3) is 0 Å². The average Bonchev–Trinajstić information content (AvgIpc) is 3.31. The first-order valence-electron chi connectivity index (χ1n) is 13.3. The minimum absolute atomic E-state index is 0.0373. The third-order valence-electron chi connectivity index (χ3n) is 6.73. The highest BCUT2D eigenvalue weighted by Gasteiger charge is 2.34. The van der Waals surface area contributed by atoms with Crippen LogP contribution in [0, 0.1) is 11.7 Å². The Labute approximate surface area is 214 Å². The molecule has 0 fully saturated rings. The normalized spacial score (nSPS) is 15.3. The molecule has 1 atom stereocenters. The maximum Gasteiger partial charge on any atom is 0.242 e. The fraction of sp³-hybridized carbons (Fsp3) is 0.586. The molecule has 1 aliphatic rings. The molecule has 1 aromatic heterocycles. The molecule has 0 bridgehead atoms. The van der Waals surface area contributed by atoms with Crippen molar-refractivity contribution < 1.29 is 14.0 Å². The van der Waals surface area contributed by atoms with Crippen LogP contribution in [0.15, 0.2) is 35.7 Å². The number of halogens is 1. The van der Waals surface area contributed by atoms with E-state index >= 15 is 0 Å². The number of thiophene rings is 1. The van der Waals surface area contributed by atoms with Gasteiger partial charge in [0.1, 0.15) is 5.82 Å². The zero-order valence-corrected chi connectivity index (χ0v) is 22.4. The van der Waals surface area contributed by atoms with Crippen LogP contribution < -0.4 is 0 Å². The highest BCUT2D eigenvalue weighted by molar-refractivity contribution is 7.10. The number of fused-ring (bicyclic) bond motifs is 1. The number of nitrogens with zero attached hydrogens (tertiary/aromatic N) is 2. The van der Waals surface area contributed by atoms with Gasteiger partial charge in [0.05, 0.1) is 12.6 Å². The minimum atomic E-state index is -0.285. The Morgan fingerprint density at radius 2 is 1.74 bits per heavy atom. The van der Waals surface area contributed by atoms with E-state index in [2.05, 4.69) is 32.2 Å². The monoisotopic (exact) mass is 500 g/mol. The lowest BCUT2D eigenvalue weighted by Crippen LogP contribution is -2.47. The number of amides is 2. The van der Waals surface area contributed by atoms with E-state index in [9.17, 15) is 14.0 Å². The van der Waals surface area contributed by atoms with Crippen LogP contribution in [-0.4, -0.2) is 41.2 Å². The second kappa shape index (κ2) is 13.8. The largest absolute Gasteiger partial charge is 0.333 e. The summed E-state index contributed by atoms with van der Waals surface area (Å²) in [5.74, 6) is 0.0440. The van der Waals surface area contributed by atoms with Gasteiger partial charge in [0.25, 0.3) is 0 Å². The van der Waals surface area contributed by atoms with Crippen molar-refractivity contribution in [2.24, 2.45) is 5.92 Å². The van der Waals surface area contributed by atoms with Crippen LogP contribution in [0.4, 0.5) is 4.39 Å². The van der Waals surface area contributed by atoms with E-state index in [1.54, 1.807) is 28.4 Å². The lowest BCUT2D eigenvalue weighted by atomic mass is 9.93. The average molecular weight is 501 g/mol. The van der Waals surface area contributed by atoms with E-state index in [4.69, 9.17) is 0 Å². The molecule has 4 nitrogen and oxygen atoms in total. The number of carbonyl (C=O) groups is 2. The molecular formula is C29H41FN2O2S. The zero-order chi connectivity index (χ0) is 25.2. The highest BCUT2D eigenvalue weighted by Crippen LogP contribution is 2.38. The Hall–Kier alpha value is -2.21. The Morgan fingerprint density at radius 1 is 1.06 bits per heavy atom. The van der Waals surface area contributed by atoms with E-state index in [0.29, 0.717) is 25.4 Å². The predicted octanol–water partition coefficient (Wildman–Crippen LogP) is 6.99. The molecule has 1 aliphatic heterocycles. The quantitative estimate of drug-likeness (QED) is 0.278. The van der Waals surface area contributed by atoms with Crippen molar-refractivity contribution in [3.8, 4) is 0 Å². The van der Waals surface area contributed by atoms with E-state index < -0.39 is 0 Å². The fourth-order valence-electron chi connectivity index (χ4n) is 4.93. The fourth-order valence-corrected chi connectivity index (χ4v) is 5.83. The summed E-state index contributed by atoms with van der Waals surface area (Å²) < 4.78 is 13.6. The summed E-state index contributed by atoms with van der Waals surface area (Å²) in [6.45, 7) is 7.67. The van der Waals surface area contributed by atoms with Crippen molar-refractivity contribution in [3.05, 3.63) is 57.5 Å². The van der Waals surface area contributed by atoms with Gasteiger partial charge >= 0.3 is 0 Å². The SMILES string of the molecule is CCCCCCCCCC(=O)N(CC(=O)N1CCc2sccc2[C@@H]1c1ccc(F)cc1)CC(C)C. The molecule has 6 heteroatoms. The molecule has 0 saturated carbocycles. The topological polar surface area (TPSA) is 40.6 Å². The van der Waals surface area contributed by atoms with E-state index in [1.807, 2.05) is 4.90 Å². The predicted molar refractivity (Wildman–Crippen MR) is 142 cm³/mol. The summed E-state index contributed by atoms with van der Waals surface area (Å²) in [7, 11) is 0. The van der Waals surface area contributed by atoms with Gasteiger partial charge < -0.3 is 9.80 Å². The molecule has 0 unspecified atom stereocenters. The smallest absolute Gasteiger partial charge is 0.242 e. The molecule has 192 valence electrons. The molecule has 35 heavy (non-hydrogen) atoms. The minimum Gasteiger partial charge on any atom is -0.333 e. The molecule has 0 aliphatic carbocycles. The highest BCUT2D eigenvalue weighted by atomic mass is 32.1. The Kier molecular flexibility index (Phi) is 10.8. The first-order chi connectivity index (χ1) is 16.9. The van der Waals surface area contributed by atoms with Gasteiger partial charge in [0, 0.05) is 24.4 Å². The van der Waals surface area contributed by atoms with Gasteiger partial charge in [-0.25, -0.2) is 4.39 Å². The molecular weight excluding hydrogens is 459 g/mol. The molecule has 2 aromatic rings. The van der Waals surface area contributed by atoms with E-state index in [-0.39, 0.29) is 30.2 Å². The number of hydrogen-bond donors (Lipinski definition) is 0. The van der Waals surface area contributed by atoms with Crippen molar-refractivity contribution in [1.82, 2.24) is 9.80 Å². The van der Waals surface area contributed by atoms with Crippen LogP contribution in [0.2, 0.25) is 0 Å². The second-order valence-electron chi connectivity index (χ2n) is 10.1. The first kappa shape index (κ1) is 27.4. The Morgan fingerprint density at radius 3 is 2.43 bits per heavy atom. The molecule has 2 amide bonds. The van der Waals surface area contributed by atoms with Gasteiger partial charge in [-0.1, -0.05) is 71.4 Å². The Bertz CT molecular complexity index is 940. The maximum absolute atomic E-state index is 13.6. The lowest BCUT2D eigenvalue weighted by Gasteiger charge is -2.38. The zero-order valence-electron chi connectivity index (χ0n) is 21.6. The number of unbranched alkanes of at least 4 members (excludes halogenated alkanes) is 6. The molecule has 3 rings (SSSR count). The lowest BCUT2D eigenvalue weighted by molar-refractivity contribution is -0.142. The Balaban J connectivity index is 1.66. The van der Waals surface area contributed by atoms with Crippen molar-refractivity contribution in [2.45, 2.75) is 84.6 Å². The van der Waals surface area contributed by atoms with Gasteiger partial charge in [-0.05, 0) is 53.5 Å². The van der Waals surface area contributed by atoms with Crippen molar-refractivity contribution in [3.63, 3.8) is 0 Å². The maximum atomic E-state index is 13.6. The standard InChI is InChI=1S/C29H41FN2O2S/c1-4-5-6-7-8-9-10-11-27(33)31(20-22(2)3)21-28(34)32-18-16-26-25(17-19-35-26)29(32)23-12-14-24(30)15-13-23/h12-15,17,19,22,29H,4-11,16,18,20-21H2,1-3H3/t29-/m0/s1. The molecule has 0 saturated heterocycles. The molecule has 2 heterocycles. The van der Waals surface area contributed by atoms with Crippen LogP contribution in [0.1, 0.15) is 94.2 Å². The van der Waals surface area contributed by atoms with Crippen LogP contribution in [0.3, 0.4) is 0 Å². The van der Waals surface area contributed by atoms with E-state index in [0.717, 1.165) is 30.4 Å². The van der Waals surface area contributed by atoms with Gasteiger partial charge in [-0.15, -0.1) is 11.3 Å². The summed E-state index contributed by atoms with van der Waals surface area (Å²) in [6.07, 6.45) is 9.47. The van der Waals surface area contributed by atoms with Crippen LogP contribution in [0.5, 0.6) is 0 Å². The van der Waals surface area contributed by atoms with Crippen LogP contribution >= 0.6 is 11.3 Å². The van der Waals surface area contributed by atoms with Crippen molar-refractivity contribution >= 4 is 23.2 Å². The van der Waals surface area contributed by atoms with Gasteiger partial charge in [-0.2, -0.15) is 0 Å².